The number of rotatable bonds is 5. The first-order valence-corrected chi connectivity index (χ1v) is 9.96. The van der Waals surface area contributed by atoms with E-state index >= 15 is 0 Å². The molecule has 1 heterocycles. The van der Waals surface area contributed by atoms with Crippen LogP contribution in [0.3, 0.4) is 0 Å². The van der Waals surface area contributed by atoms with Gasteiger partial charge in [0.2, 0.25) is 5.76 Å². The van der Waals surface area contributed by atoms with Gasteiger partial charge in [-0.05, 0) is 38.7 Å². The van der Waals surface area contributed by atoms with Gasteiger partial charge in [-0.15, -0.1) is 0 Å². The Morgan fingerprint density at radius 2 is 1.82 bits per heavy atom. The molecule has 0 unspecified atom stereocenters. The average molecular weight is 384 g/mol. The van der Waals surface area contributed by atoms with Crippen molar-refractivity contribution >= 4 is 28.7 Å². The summed E-state index contributed by atoms with van der Waals surface area (Å²) in [5.41, 5.74) is 1.07. The van der Waals surface area contributed by atoms with Crippen LogP contribution in [-0.4, -0.2) is 24.3 Å². The number of esters is 2. The lowest BCUT2D eigenvalue weighted by Crippen LogP contribution is -2.39. The fourth-order valence-electron chi connectivity index (χ4n) is 4.54. The van der Waals surface area contributed by atoms with Crippen molar-refractivity contribution in [2.24, 2.45) is 17.8 Å². The second kappa shape index (κ2) is 7.78. The Bertz CT molecular complexity index is 895. The van der Waals surface area contributed by atoms with Crippen LogP contribution in [0.25, 0.3) is 11.0 Å². The third-order valence-corrected chi connectivity index (χ3v) is 5.90. The van der Waals surface area contributed by atoms with E-state index in [-0.39, 0.29) is 42.7 Å². The molecule has 2 aliphatic carbocycles. The van der Waals surface area contributed by atoms with Crippen LogP contribution in [0.2, 0.25) is 0 Å². The molecule has 0 N–H and O–H groups in total. The molecular formula is C22H24O6. The van der Waals surface area contributed by atoms with Crippen LogP contribution in [-0.2, 0) is 25.7 Å². The first-order valence-electron chi connectivity index (χ1n) is 9.96. The van der Waals surface area contributed by atoms with Crippen molar-refractivity contribution in [3.63, 3.8) is 0 Å². The summed E-state index contributed by atoms with van der Waals surface area (Å²) in [4.78, 5) is 37.2. The van der Waals surface area contributed by atoms with Crippen molar-refractivity contribution in [3.05, 3.63) is 35.6 Å². The molecule has 1 aromatic heterocycles. The van der Waals surface area contributed by atoms with Crippen LogP contribution in [0.4, 0.5) is 0 Å². The quantitative estimate of drug-likeness (QED) is 0.723. The van der Waals surface area contributed by atoms with Crippen molar-refractivity contribution in [1.82, 2.24) is 0 Å². The summed E-state index contributed by atoms with van der Waals surface area (Å²) >= 11 is 0. The van der Waals surface area contributed by atoms with Crippen LogP contribution in [0.15, 0.2) is 28.7 Å². The minimum Gasteiger partial charge on any atom is -0.460 e. The number of benzene rings is 1. The number of hydrogen-bond acceptors (Lipinski definition) is 6. The van der Waals surface area contributed by atoms with Crippen molar-refractivity contribution in [2.45, 2.75) is 45.6 Å². The number of furan rings is 1. The van der Waals surface area contributed by atoms with Crippen molar-refractivity contribution < 1.29 is 28.3 Å². The van der Waals surface area contributed by atoms with Crippen LogP contribution < -0.4 is 0 Å². The molecule has 4 rings (SSSR count). The monoisotopic (exact) mass is 384 g/mol. The standard InChI is InChI=1S/C22H24O6/c1-2-26-22(25)20-17(16-8-3-4-9-18(16)28-20)12-27-21(24)15-10-13-6-5-7-14(11-15)19(13)23/h3-4,8-9,13-15H,2,5-7,10-12H2,1H3/t13-,14-/m0/s1. The molecule has 2 saturated carbocycles. The number of para-hydroxylation sites is 1. The molecule has 2 fully saturated rings. The number of Topliss-reactive ketones (excluding diaryl/α,β-unsaturated/α-hetero) is 1. The fraction of sp³-hybridized carbons (Fsp3) is 0.500. The number of carbonyl (C=O) groups excluding carboxylic acids is 3. The average Bonchev–Trinajstić information content (AvgIpc) is 3.05. The Hall–Kier alpha value is -2.63. The van der Waals surface area contributed by atoms with Crippen molar-refractivity contribution in [2.75, 3.05) is 6.61 Å². The van der Waals surface area contributed by atoms with Gasteiger partial charge in [-0.1, -0.05) is 24.6 Å². The molecule has 0 amide bonds. The summed E-state index contributed by atoms with van der Waals surface area (Å²) in [7, 11) is 0. The maximum absolute atomic E-state index is 12.7. The summed E-state index contributed by atoms with van der Waals surface area (Å²) < 4.78 is 16.3. The minimum atomic E-state index is -0.567. The highest BCUT2D eigenvalue weighted by Crippen LogP contribution is 2.40. The maximum atomic E-state index is 12.7. The predicted molar refractivity (Wildman–Crippen MR) is 101 cm³/mol. The highest BCUT2D eigenvalue weighted by atomic mass is 16.5. The van der Waals surface area contributed by atoms with Gasteiger partial charge < -0.3 is 13.9 Å². The van der Waals surface area contributed by atoms with Gasteiger partial charge in [0, 0.05) is 17.2 Å². The minimum absolute atomic E-state index is 0.00472. The second-order valence-corrected chi connectivity index (χ2v) is 7.63. The Balaban J connectivity index is 1.50. The lowest BCUT2D eigenvalue weighted by molar-refractivity contribution is -0.154. The molecular weight excluding hydrogens is 360 g/mol. The van der Waals surface area contributed by atoms with E-state index in [2.05, 4.69) is 0 Å². The molecule has 148 valence electrons. The number of carbonyl (C=O) groups is 3. The van der Waals surface area contributed by atoms with Gasteiger partial charge in [-0.3, -0.25) is 9.59 Å². The molecule has 0 aliphatic heterocycles. The molecule has 0 saturated heterocycles. The van der Waals surface area contributed by atoms with Crippen LogP contribution >= 0.6 is 0 Å². The van der Waals surface area contributed by atoms with Crippen LogP contribution in [0.1, 0.15) is 55.1 Å². The lowest BCUT2D eigenvalue weighted by atomic mass is 9.67. The summed E-state index contributed by atoms with van der Waals surface area (Å²) in [6, 6.07) is 7.24. The van der Waals surface area contributed by atoms with E-state index < -0.39 is 5.97 Å². The van der Waals surface area contributed by atoms with E-state index in [0.29, 0.717) is 29.8 Å². The first-order chi connectivity index (χ1) is 13.6. The topological polar surface area (TPSA) is 82.8 Å². The van der Waals surface area contributed by atoms with E-state index in [4.69, 9.17) is 13.9 Å². The number of ketones is 1. The zero-order chi connectivity index (χ0) is 19.7. The van der Waals surface area contributed by atoms with E-state index in [0.717, 1.165) is 24.6 Å². The lowest BCUT2D eigenvalue weighted by Gasteiger charge is -2.36. The fourth-order valence-corrected chi connectivity index (χ4v) is 4.54. The van der Waals surface area contributed by atoms with Gasteiger partial charge in [0.1, 0.15) is 18.0 Å². The van der Waals surface area contributed by atoms with Crippen LogP contribution in [0, 0.1) is 17.8 Å². The molecule has 1 aromatic carbocycles. The highest BCUT2D eigenvalue weighted by Gasteiger charge is 2.42. The van der Waals surface area contributed by atoms with E-state index in [1.807, 2.05) is 18.2 Å². The number of fused-ring (bicyclic) bond motifs is 3. The zero-order valence-corrected chi connectivity index (χ0v) is 15.9. The Morgan fingerprint density at radius 3 is 2.54 bits per heavy atom. The maximum Gasteiger partial charge on any atom is 0.374 e. The first kappa shape index (κ1) is 18.7. The molecule has 6 nitrogen and oxygen atoms in total. The van der Waals surface area contributed by atoms with E-state index in [1.165, 1.54) is 0 Å². The third-order valence-electron chi connectivity index (χ3n) is 5.90. The Kier molecular flexibility index (Phi) is 5.20. The van der Waals surface area contributed by atoms with Crippen molar-refractivity contribution in [3.8, 4) is 0 Å². The van der Waals surface area contributed by atoms with Gasteiger partial charge >= 0.3 is 11.9 Å². The SMILES string of the molecule is CCOC(=O)c1oc2ccccc2c1COC(=O)C1C[C@@H]2CCC[C@@H](C1)C2=O. The van der Waals surface area contributed by atoms with Gasteiger partial charge in [0.15, 0.2) is 0 Å². The van der Waals surface area contributed by atoms with Crippen molar-refractivity contribution in [1.29, 1.82) is 0 Å². The number of hydrogen-bond donors (Lipinski definition) is 0. The Labute approximate surface area is 163 Å². The summed E-state index contributed by atoms with van der Waals surface area (Å²) in [5, 5.41) is 0.731. The summed E-state index contributed by atoms with van der Waals surface area (Å²) in [6.45, 7) is 1.90. The van der Waals surface area contributed by atoms with Gasteiger partial charge in [-0.25, -0.2) is 4.79 Å². The molecule has 2 aliphatic rings. The second-order valence-electron chi connectivity index (χ2n) is 7.63. The number of ether oxygens (including phenoxy) is 2. The highest BCUT2D eigenvalue weighted by molar-refractivity contribution is 5.96. The van der Waals surface area contributed by atoms with E-state index in [9.17, 15) is 14.4 Å². The van der Waals surface area contributed by atoms with Gasteiger partial charge in [0.25, 0.3) is 0 Å². The molecule has 2 bridgehead atoms. The molecule has 2 atom stereocenters. The van der Waals surface area contributed by atoms with Gasteiger partial charge in [0.05, 0.1) is 18.1 Å². The largest absolute Gasteiger partial charge is 0.460 e. The molecule has 28 heavy (non-hydrogen) atoms. The molecule has 6 heteroatoms. The normalized spacial score (nSPS) is 24.2. The summed E-state index contributed by atoms with van der Waals surface area (Å²) in [5.74, 6) is -0.735. The smallest absolute Gasteiger partial charge is 0.374 e. The zero-order valence-electron chi connectivity index (χ0n) is 15.9. The Morgan fingerprint density at radius 1 is 1.11 bits per heavy atom. The van der Waals surface area contributed by atoms with Gasteiger partial charge in [-0.2, -0.15) is 0 Å². The van der Waals surface area contributed by atoms with Crippen LogP contribution in [0.5, 0.6) is 0 Å². The molecule has 2 aromatic rings. The predicted octanol–water partition coefficient (Wildman–Crippen LogP) is 4.05. The summed E-state index contributed by atoms with van der Waals surface area (Å²) in [6.07, 6.45) is 3.96. The molecule has 0 radical (unpaired) electrons. The third kappa shape index (κ3) is 3.43. The molecule has 0 spiro atoms. The van der Waals surface area contributed by atoms with E-state index in [1.54, 1.807) is 13.0 Å².